The number of hydroxylamine groups is 1. The number of nitrogens with one attached hydrogen (secondary N) is 2. The van der Waals surface area contributed by atoms with Crippen LogP contribution in [0.3, 0.4) is 0 Å². The van der Waals surface area contributed by atoms with Crippen LogP contribution in [0.1, 0.15) is 43.7 Å². The molecule has 3 aromatic rings. The van der Waals surface area contributed by atoms with Crippen LogP contribution in [0, 0.1) is 11.6 Å². The van der Waals surface area contributed by atoms with Crippen LogP contribution < -0.4 is 25.3 Å². The molecule has 0 spiro atoms. The Morgan fingerprint density at radius 2 is 1.60 bits per heavy atom. The van der Waals surface area contributed by atoms with Gasteiger partial charge in [0.2, 0.25) is 5.91 Å². The quantitative estimate of drug-likeness (QED) is 0.242. The van der Waals surface area contributed by atoms with Gasteiger partial charge in [0.25, 0.3) is 0 Å². The van der Waals surface area contributed by atoms with E-state index >= 15 is 0 Å². The van der Waals surface area contributed by atoms with Crippen LogP contribution in [0.15, 0.2) is 54.9 Å². The van der Waals surface area contributed by atoms with Gasteiger partial charge >= 0.3 is 0 Å². The molecule has 1 aromatic heterocycles. The summed E-state index contributed by atoms with van der Waals surface area (Å²) in [5.74, 6) is -0.0635. The first-order chi connectivity index (χ1) is 25.2. The van der Waals surface area contributed by atoms with E-state index in [0.29, 0.717) is 59.9 Å². The number of ether oxygens (including phenoxy) is 1. The van der Waals surface area contributed by atoms with E-state index in [1.807, 2.05) is 37.2 Å². The molecule has 0 radical (unpaired) electrons. The van der Waals surface area contributed by atoms with Gasteiger partial charge in [-0.3, -0.25) is 19.4 Å². The van der Waals surface area contributed by atoms with Crippen LogP contribution in [0.4, 0.5) is 37.5 Å². The van der Waals surface area contributed by atoms with E-state index in [2.05, 4.69) is 35.3 Å². The number of likely N-dealkylation sites (N-methyl/N-ethyl adjacent to an activating group) is 1. The van der Waals surface area contributed by atoms with Crippen molar-refractivity contribution in [1.82, 2.24) is 24.7 Å². The van der Waals surface area contributed by atoms with Gasteiger partial charge in [-0.2, -0.15) is 0 Å². The molecule has 4 heterocycles. The van der Waals surface area contributed by atoms with Crippen molar-refractivity contribution in [3.8, 4) is 5.75 Å². The van der Waals surface area contributed by atoms with Gasteiger partial charge in [0.1, 0.15) is 29.5 Å². The van der Waals surface area contributed by atoms with E-state index in [9.17, 15) is 13.6 Å². The summed E-state index contributed by atoms with van der Waals surface area (Å²) in [6.45, 7) is 7.34. The molecule has 1 atom stereocenters. The lowest BCUT2D eigenvalue weighted by molar-refractivity contribution is -0.111. The zero-order chi connectivity index (χ0) is 36.2. The third-order valence-electron chi connectivity index (χ3n) is 10.4. The number of carbonyl (C=O) groups is 1. The number of carbonyl (C=O) groups excluding carboxylic acids is 1. The highest BCUT2D eigenvalue weighted by molar-refractivity contribution is 6.02. The van der Waals surface area contributed by atoms with Gasteiger partial charge in [0.05, 0.1) is 36.8 Å². The normalized spacial score (nSPS) is 20.6. The third kappa shape index (κ3) is 8.63. The van der Waals surface area contributed by atoms with E-state index in [4.69, 9.17) is 9.57 Å². The number of aromatic nitrogens is 2. The zero-order valence-electron chi connectivity index (χ0n) is 30.2. The molecule has 0 bridgehead atoms. The van der Waals surface area contributed by atoms with Crippen molar-refractivity contribution in [1.29, 1.82) is 0 Å². The van der Waals surface area contributed by atoms with Crippen molar-refractivity contribution in [2.75, 3.05) is 94.2 Å². The van der Waals surface area contributed by atoms with Crippen molar-refractivity contribution >= 4 is 34.6 Å². The Bertz CT molecular complexity index is 1720. The largest absolute Gasteiger partial charge is 0.494 e. The molecule has 1 saturated carbocycles. The number of anilines is 5. The first kappa shape index (κ1) is 36.0. The van der Waals surface area contributed by atoms with Gasteiger partial charge < -0.3 is 25.2 Å². The highest BCUT2D eigenvalue weighted by Crippen LogP contribution is 2.41. The van der Waals surface area contributed by atoms with Crippen molar-refractivity contribution in [3.05, 3.63) is 72.1 Å². The minimum Gasteiger partial charge on any atom is -0.494 e. The van der Waals surface area contributed by atoms with E-state index in [1.165, 1.54) is 44.4 Å². The van der Waals surface area contributed by atoms with E-state index in [1.54, 1.807) is 24.3 Å². The maximum Gasteiger partial charge on any atom is 0.248 e. The molecule has 3 aliphatic heterocycles. The molecular formula is C38H49F2N9O3. The van der Waals surface area contributed by atoms with E-state index in [0.717, 1.165) is 56.8 Å². The molecule has 0 unspecified atom stereocenters. The molecule has 4 aliphatic rings. The average molecular weight is 718 g/mol. The predicted molar refractivity (Wildman–Crippen MR) is 198 cm³/mol. The monoisotopic (exact) mass is 717 g/mol. The lowest BCUT2D eigenvalue weighted by atomic mass is 10.0. The SMILES string of the molecule is COc1cc(N2CCC(N3CCN(C4CC4)CC3)CC2)c(NC(=O)/C=C/CN(C)C)cc1Nc1cc(N2OCC[C@@H]2c2cc(F)cc(F)c2)ncn1. The van der Waals surface area contributed by atoms with Gasteiger partial charge in [-0.1, -0.05) is 6.08 Å². The Hall–Kier alpha value is -4.37. The number of piperazine rings is 1. The second kappa shape index (κ2) is 16.1. The molecule has 4 fully saturated rings. The maximum atomic E-state index is 14.1. The number of nitrogens with zero attached hydrogens (tertiary/aromatic N) is 7. The van der Waals surface area contributed by atoms with Gasteiger partial charge in [0.15, 0.2) is 5.82 Å². The summed E-state index contributed by atoms with van der Waals surface area (Å²) in [4.78, 5) is 37.6. The van der Waals surface area contributed by atoms with E-state index in [-0.39, 0.29) is 5.91 Å². The molecule has 2 N–H and O–H groups in total. The highest BCUT2D eigenvalue weighted by atomic mass is 19.1. The van der Waals surface area contributed by atoms with Crippen LogP contribution in [-0.2, 0) is 9.63 Å². The smallest absolute Gasteiger partial charge is 0.248 e. The summed E-state index contributed by atoms with van der Waals surface area (Å²) in [7, 11) is 5.52. The third-order valence-corrected chi connectivity index (χ3v) is 10.4. The van der Waals surface area contributed by atoms with E-state index < -0.39 is 17.7 Å². The Labute approximate surface area is 304 Å². The molecule has 278 valence electrons. The Morgan fingerprint density at radius 3 is 2.25 bits per heavy atom. The Morgan fingerprint density at radius 1 is 0.904 bits per heavy atom. The number of benzene rings is 2. The fourth-order valence-electron chi connectivity index (χ4n) is 7.56. The fraction of sp³-hybridized carbons (Fsp3) is 0.500. The first-order valence-electron chi connectivity index (χ1n) is 18.3. The van der Waals surface area contributed by atoms with Crippen molar-refractivity contribution in [3.63, 3.8) is 0 Å². The van der Waals surface area contributed by atoms with Crippen molar-refractivity contribution in [2.24, 2.45) is 0 Å². The summed E-state index contributed by atoms with van der Waals surface area (Å²) in [5.41, 5.74) is 2.61. The number of hydrogen-bond acceptors (Lipinski definition) is 11. The van der Waals surface area contributed by atoms with Crippen LogP contribution in [0.2, 0.25) is 0 Å². The Kier molecular flexibility index (Phi) is 11.2. The summed E-state index contributed by atoms with van der Waals surface area (Å²) >= 11 is 0. The lowest BCUT2D eigenvalue weighted by Gasteiger charge is -2.43. The standard InChI is InChI=1S/C38H49F2N9O3/c1-45(2)11-4-5-38(50)44-31-22-32(43-36-24-37(42-25-41-36)49-33(10-18-52-49)26-19-27(39)21-28(40)20-26)35(51-3)23-34(31)48-12-8-30(9-13-48)47-16-14-46(15-17-47)29-6-7-29/h4-5,19-25,29-30,33H,6-18H2,1-3H3,(H,44,50)(H,41,42,43)/b5-4+/t33-/m1/s1. The second-order valence-corrected chi connectivity index (χ2v) is 14.3. The molecule has 3 saturated heterocycles. The van der Waals surface area contributed by atoms with Gasteiger partial charge in [-0.25, -0.2) is 23.8 Å². The lowest BCUT2D eigenvalue weighted by Crippen LogP contribution is -2.53. The molecule has 52 heavy (non-hydrogen) atoms. The molecule has 7 rings (SSSR count). The number of halogens is 2. The molecule has 2 aromatic carbocycles. The summed E-state index contributed by atoms with van der Waals surface area (Å²) in [6, 6.07) is 9.98. The molecule has 12 nitrogen and oxygen atoms in total. The fourth-order valence-corrected chi connectivity index (χ4v) is 7.56. The van der Waals surface area contributed by atoms with Crippen LogP contribution >= 0.6 is 0 Å². The summed E-state index contributed by atoms with van der Waals surface area (Å²) in [5, 5.41) is 8.03. The molecular weight excluding hydrogens is 668 g/mol. The minimum absolute atomic E-state index is 0.224. The molecule has 1 amide bonds. The first-order valence-corrected chi connectivity index (χ1v) is 18.3. The van der Waals surface area contributed by atoms with Gasteiger partial charge in [-0.15, -0.1) is 0 Å². The van der Waals surface area contributed by atoms with Crippen LogP contribution in [0.5, 0.6) is 5.75 Å². The Balaban J connectivity index is 1.10. The molecule has 1 aliphatic carbocycles. The van der Waals surface area contributed by atoms with Crippen LogP contribution in [0.25, 0.3) is 0 Å². The number of rotatable bonds is 12. The van der Waals surface area contributed by atoms with Crippen molar-refractivity contribution in [2.45, 2.75) is 50.2 Å². The van der Waals surface area contributed by atoms with Crippen molar-refractivity contribution < 1.29 is 23.1 Å². The number of hydrogen-bond donors (Lipinski definition) is 2. The summed E-state index contributed by atoms with van der Waals surface area (Å²) in [6.07, 6.45) is 10.1. The second-order valence-electron chi connectivity index (χ2n) is 14.3. The average Bonchev–Trinajstić information content (AvgIpc) is 3.87. The number of piperidine rings is 1. The minimum atomic E-state index is -0.648. The molecule has 14 heteroatoms. The van der Waals surface area contributed by atoms with Crippen LogP contribution in [-0.4, -0.2) is 116 Å². The maximum absolute atomic E-state index is 14.1. The topological polar surface area (TPSA) is 102 Å². The predicted octanol–water partition coefficient (Wildman–Crippen LogP) is 5.20. The number of amides is 1. The summed E-state index contributed by atoms with van der Waals surface area (Å²) < 4.78 is 34.1. The zero-order valence-corrected chi connectivity index (χ0v) is 30.2. The highest BCUT2D eigenvalue weighted by Gasteiger charge is 2.34. The number of methoxy groups -OCH3 is 1. The van der Waals surface area contributed by atoms with Gasteiger partial charge in [0, 0.05) is 88.6 Å². The van der Waals surface area contributed by atoms with Gasteiger partial charge in [-0.05, 0) is 63.5 Å².